The second kappa shape index (κ2) is 9.77. The molecule has 3 nitrogen and oxygen atoms in total. The van der Waals surface area contributed by atoms with Crippen LogP contribution in [0, 0.1) is 0 Å². The molecular weight excluding hydrogens is 224 g/mol. The third-order valence-electron chi connectivity index (χ3n) is 2.81. The first-order valence-corrected chi connectivity index (χ1v) is 7.03. The van der Waals surface area contributed by atoms with Crippen LogP contribution in [0.2, 0.25) is 0 Å². The highest BCUT2D eigenvalue weighted by Gasteiger charge is 1.96. The second-order valence-corrected chi connectivity index (χ2v) is 4.51. The van der Waals surface area contributed by atoms with Crippen LogP contribution in [0.4, 0.5) is 5.69 Å². The summed E-state index contributed by atoms with van der Waals surface area (Å²) in [5, 5.41) is 3.41. The molecular formula is C15H26N2O. The Morgan fingerprint density at radius 2 is 2.06 bits per heavy atom. The molecule has 0 fully saturated rings. The highest BCUT2D eigenvalue weighted by Crippen LogP contribution is 2.17. The lowest BCUT2D eigenvalue weighted by Crippen LogP contribution is -2.04. The number of unbranched alkanes of at least 4 members (excludes halogenated alkanes) is 3. The van der Waals surface area contributed by atoms with Crippen LogP contribution in [0.25, 0.3) is 0 Å². The average Bonchev–Trinajstić information content (AvgIpc) is 2.39. The van der Waals surface area contributed by atoms with Crippen molar-refractivity contribution in [1.29, 1.82) is 0 Å². The predicted octanol–water partition coefficient (Wildman–Crippen LogP) is 3.41. The van der Waals surface area contributed by atoms with Crippen molar-refractivity contribution in [2.45, 2.75) is 39.0 Å². The van der Waals surface area contributed by atoms with Crippen LogP contribution in [0.15, 0.2) is 24.3 Å². The molecule has 0 amide bonds. The lowest BCUT2D eigenvalue weighted by molar-refractivity contribution is 0.309. The van der Waals surface area contributed by atoms with Gasteiger partial charge in [0.2, 0.25) is 0 Å². The smallest absolute Gasteiger partial charge is 0.121 e. The Bertz CT molecular complexity index is 315. The van der Waals surface area contributed by atoms with Crippen LogP contribution in [-0.2, 0) is 0 Å². The van der Waals surface area contributed by atoms with E-state index in [1.54, 1.807) is 0 Å². The highest BCUT2D eigenvalue weighted by atomic mass is 16.5. The second-order valence-electron chi connectivity index (χ2n) is 4.51. The quantitative estimate of drug-likeness (QED) is 0.626. The Kier molecular flexibility index (Phi) is 8.06. The summed E-state index contributed by atoms with van der Waals surface area (Å²) in [7, 11) is 0. The van der Waals surface area contributed by atoms with E-state index in [0.717, 1.165) is 50.4 Å². The molecule has 0 radical (unpaired) electrons. The number of anilines is 1. The number of ether oxygens (including phenoxy) is 1. The van der Waals surface area contributed by atoms with E-state index in [1.165, 1.54) is 12.8 Å². The molecule has 18 heavy (non-hydrogen) atoms. The first-order chi connectivity index (χ1) is 8.86. The molecule has 0 heterocycles. The Morgan fingerprint density at radius 1 is 1.17 bits per heavy atom. The van der Waals surface area contributed by atoms with Crippen molar-refractivity contribution in [2.24, 2.45) is 5.73 Å². The molecule has 0 saturated heterocycles. The monoisotopic (exact) mass is 250 g/mol. The van der Waals surface area contributed by atoms with Gasteiger partial charge >= 0.3 is 0 Å². The molecule has 0 saturated carbocycles. The molecule has 0 aliphatic rings. The number of nitrogens with one attached hydrogen (secondary N) is 1. The molecule has 3 N–H and O–H groups in total. The van der Waals surface area contributed by atoms with Crippen molar-refractivity contribution >= 4 is 5.69 Å². The number of hydrogen-bond donors (Lipinski definition) is 2. The largest absolute Gasteiger partial charge is 0.494 e. The summed E-state index contributed by atoms with van der Waals surface area (Å²) in [6.45, 7) is 4.76. The van der Waals surface area contributed by atoms with Crippen LogP contribution in [0.1, 0.15) is 39.0 Å². The Balaban J connectivity index is 2.26. The third-order valence-corrected chi connectivity index (χ3v) is 2.81. The van der Waals surface area contributed by atoms with Crippen molar-refractivity contribution in [3.8, 4) is 5.75 Å². The fourth-order valence-electron chi connectivity index (χ4n) is 1.71. The van der Waals surface area contributed by atoms with E-state index in [2.05, 4.69) is 24.4 Å². The van der Waals surface area contributed by atoms with Crippen molar-refractivity contribution < 1.29 is 4.74 Å². The molecule has 0 aromatic heterocycles. The van der Waals surface area contributed by atoms with Crippen molar-refractivity contribution in [2.75, 3.05) is 25.0 Å². The molecule has 0 atom stereocenters. The van der Waals surface area contributed by atoms with Gasteiger partial charge < -0.3 is 15.8 Å². The maximum Gasteiger partial charge on any atom is 0.121 e. The van der Waals surface area contributed by atoms with Gasteiger partial charge in [-0.1, -0.05) is 25.8 Å². The number of nitrogens with two attached hydrogens (primary N) is 1. The minimum atomic E-state index is 0.792. The zero-order valence-electron chi connectivity index (χ0n) is 11.5. The molecule has 0 aliphatic carbocycles. The van der Waals surface area contributed by atoms with Gasteiger partial charge in [-0.05, 0) is 37.9 Å². The topological polar surface area (TPSA) is 47.3 Å². The van der Waals surface area contributed by atoms with Crippen molar-refractivity contribution in [3.05, 3.63) is 24.3 Å². The van der Waals surface area contributed by atoms with Crippen molar-refractivity contribution in [1.82, 2.24) is 0 Å². The summed E-state index contributed by atoms with van der Waals surface area (Å²) in [5.74, 6) is 0.954. The van der Waals surface area contributed by atoms with Crippen LogP contribution in [0.5, 0.6) is 5.75 Å². The minimum Gasteiger partial charge on any atom is -0.494 e. The highest BCUT2D eigenvalue weighted by molar-refractivity contribution is 5.48. The van der Waals surface area contributed by atoms with E-state index in [1.807, 2.05) is 12.1 Å². The summed E-state index contributed by atoms with van der Waals surface area (Å²) in [6.07, 6.45) is 5.74. The van der Waals surface area contributed by atoms with E-state index in [0.29, 0.717) is 0 Å². The molecule has 0 bridgehead atoms. The van der Waals surface area contributed by atoms with Gasteiger partial charge in [0, 0.05) is 18.3 Å². The lowest BCUT2D eigenvalue weighted by atomic mass is 10.2. The fraction of sp³-hybridized carbons (Fsp3) is 0.600. The van der Waals surface area contributed by atoms with Gasteiger partial charge in [0.15, 0.2) is 0 Å². The van der Waals surface area contributed by atoms with Crippen LogP contribution < -0.4 is 15.8 Å². The summed E-state index contributed by atoms with van der Waals surface area (Å²) < 4.78 is 5.68. The number of benzene rings is 1. The van der Waals surface area contributed by atoms with Crippen LogP contribution >= 0.6 is 0 Å². The molecule has 1 aromatic carbocycles. The van der Waals surface area contributed by atoms with Gasteiger partial charge in [0.05, 0.1) is 6.61 Å². The zero-order chi connectivity index (χ0) is 13.1. The SMILES string of the molecule is CCCCOc1cccc(NCCCCCN)c1. The zero-order valence-corrected chi connectivity index (χ0v) is 11.5. The predicted molar refractivity (Wildman–Crippen MR) is 78.2 cm³/mol. The first kappa shape index (κ1) is 14.8. The molecule has 0 unspecified atom stereocenters. The van der Waals surface area contributed by atoms with Crippen molar-refractivity contribution in [3.63, 3.8) is 0 Å². The molecule has 3 heteroatoms. The minimum absolute atomic E-state index is 0.792. The van der Waals surface area contributed by atoms with Gasteiger partial charge in [-0.3, -0.25) is 0 Å². The summed E-state index contributed by atoms with van der Waals surface area (Å²) in [4.78, 5) is 0. The maximum absolute atomic E-state index is 5.68. The molecule has 102 valence electrons. The van der Waals surface area contributed by atoms with Gasteiger partial charge in [0.1, 0.15) is 5.75 Å². The van der Waals surface area contributed by atoms with Gasteiger partial charge in [-0.25, -0.2) is 0 Å². The van der Waals surface area contributed by atoms with E-state index in [-0.39, 0.29) is 0 Å². The fourth-order valence-corrected chi connectivity index (χ4v) is 1.71. The first-order valence-electron chi connectivity index (χ1n) is 7.03. The Hall–Kier alpha value is -1.22. The summed E-state index contributed by atoms with van der Waals surface area (Å²) >= 11 is 0. The lowest BCUT2D eigenvalue weighted by Gasteiger charge is -2.09. The van der Waals surface area contributed by atoms with Gasteiger partial charge in [-0.2, -0.15) is 0 Å². The average molecular weight is 250 g/mol. The maximum atomic E-state index is 5.68. The summed E-state index contributed by atoms with van der Waals surface area (Å²) in [6, 6.07) is 8.19. The Labute approximate surface area is 111 Å². The number of hydrogen-bond acceptors (Lipinski definition) is 3. The number of rotatable bonds is 10. The van der Waals surface area contributed by atoms with Gasteiger partial charge in [0.25, 0.3) is 0 Å². The van der Waals surface area contributed by atoms with E-state index < -0.39 is 0 Å². The normalized spacial score (nSPS) is 10.3. The van der Waals surface area contributed by atoms with E-state index in [9.17, 15) is 0 Å². The third kappa shape index (κ3) is 6.50. The standard InChI is InChI=1S/C15H26N2O/c1-2-3-12-18-15-9-7-8-14(13-15)17-11-6-4-5-10-16/h7-9,13,17H,2-6,10-12,16H2,1H3. The van der Waals surface area contributed by atoms with Crippen LogP contribution in [-0.4, -0.2) is 19.7 Å². The van der Waals surface area contributed by atoms with Gasteiger partial charge in [-0.15, -0.1) is 0 Å². The van der Waals surface area contributed by atoms with Crippen LogP contribution in [0.3, 0.4) is 0 Å². The molecule has 1 rings (SSSR count). The molecule has 0 spiro atoms. The molecule has 0 aliphatic heterocycles. The Morgan fingerprint density at radius 3 is 2.83 bits per heavy atom. The van der Waals surface area contributed by atoms with E-state index in [4.69, 9.17) is 10.5 Å². The van der Waals surface area contributed by atoms with E-state index >= 15 is 0 Å². The molecule has 1 aromatic rings. The summed E-state index contributed by atoms with van der Waals surface area (Å²) in [5.41, 5.74) is 6.60.